The third kappa shape index (κ3) is 6.06. The Morgan fingerprint density at radius 1 is 1.18 bits per heavy atom. The van der Waals surface area contributed by atoms with E-state index in [0.29, 0.717) is 18.2 Å². The van der Waals surface area contributed by atoms with Crippen LogP contribution in [0.25, 0.3) is 11.0 Å². The van der Waals surface area contributed by atoms with Gasteiger partial charge in [0.25, 0.3) is 5.91 Å². The van der Waals surface area contributed by atoms with Gasteiger partial charge in [0.1, 0.15) is 0 Å². The molecule has 0 bridgehead atoms. The van der Waals surface area contributed by atoms with Gasteiger partial charge in [0.05, 0.1) is 17.5 Å². The van der Waals surface area contributed by atoms with E-state index in [9.17, 15) is 4.79 Å². The second kappa shape index (κ2) is 11.6. The molecule has 2 N–H and O–H groups in total. The summed E-state index contributed by atoms with van der Waals surface area (Å²) in [5, 5.41) is 11.9. The SMILES string of the molecule is Cc1nc2c(cnn2C(C)C)cc1C(=O)NCCNC1CCCCCC1.Cl.Cl. The molecule has 28 heavy (non-hydrogen) atoms. The highest BCUT2D eigenvalue weighted by atomic mass is 35.5. The smallest absolute Gasteiger partial charge is 0.253 e. The Bertz CT molecular complexity index is 754. The average Bonchev–Trinajstić information content (AvgIpc) is 2.84. The topological polar surface area (TPSA) is 71.8 Å². The summed E-state index contributed by atoms with van der Waals surface area (Å²) in [6, 6.07) is 2.75. The molecule has 1 fully saturated rings. The van der Waals surface area contributed by atoms with Crippen LogP contribution in [-0.2, 0) is 0 Å². The van der Waals surface area contributed by atoms with E-state index < -0.39 is 0 Å². The lowest BCUT2D eigenvalue weighted by molar-refractivity contribution is 0.0952. The number of halogens is 2. The number of rotatable bonds is 6. The van der Waals surface area contributed by atoms with Crippen LogP contribution in [0.1, 0.15) is 74.5 Å². The lowest BCUT2D eigenvalue weighted by atomic mass is 10.1. The number of hydrogen-bond donors (Lipinski definition) is 2. The van der Waals surface area contributed by atoms with E-state index in [1.54, 1.807) is 6.20 Å². The number of aromatic nitrogens is 3. The van der Waals surface area contributed by atoms with Crippen molar-refractivity contribution >= 4 is 41.8 Å². The molecule has 0 aliphatic heterocycles. The monoisotopic (exact) mass is 429 g/mol. The highest BCUT2D eigenvalue weighted by Crippen LogP contribution is 2.19. The van der Waals surface area contributed by atoms with Gasteiger partial charge in [-0.2, -0.15) is 5.10 Å². The summed E-state index contributed by atoms with van der Waals surface area (Å²) < 4.78 is 1.89. The highest BCUT2D eigenvalue weighted by Gasteiger charge is 2.15. The normalized spacial score (nSPS) is 15.0. The number of pyridine rings is 1. The summed E-state index contributed by atoms with van der Waals surface area (Å²) in [6.07, 6.45) is 9.65. The van der Waals surface area contributed by atoms with Crippen LogP contribution in [0.15, 0.2) is 12.3 Å². The van der Waals surface area contributed by atoms with Gasteiger partial charge >= 0.3 is 0 Å². The first-order valence-electron chi connectivity index (χ1n) is 9.92. The van der Waals surface area contributed by atoms with Gasteiger partial charge in [-0.25, -0.2) is 9.67 Å². The Labute approximate surface area is 180 Å². The minimum atomic E-state index is -0.0585. The third-order valence-electron chi connectivity index (χ3n) is 5.19. The zero-order valence-electron chi connectivity index (χ0n) is 17.0. The number of carbonyl (C=O) groups excluding carboxylic acids is 1. The van der Waals surface area contributed by atoms with Gasteiger partial charge in [-0.3, -0.25) is 4.79 Å². The van der Waals surface area contributed by atoms with E-state index in [0.717, 1.165) is 23.3 Å². The van der Waals surface area contributed by atoms with E-state index in [-0.39, 0.29) is 36.8 Å². The van der Waals surface area contributed by atoms with E-state index in [2.05, 4.69) is 34.6 Å². The number of carbonyl (C=O) groups is 1. The Morgan fingerprint density at radius 3 is 2.50 bits per heavy atom. The van der Waals surface area contributed by atoms with Crippen LogP contribution in [-0.4, -0.2) is 39.8 Å². The molecule has 3 rings (SSSR count). The molecule has 0 radical (unpaired) electrons. The Balaban J connectivity index is 0.00000196. The molecule has 1 aliphatic carbocycles. The maximum Gasteiger partial charge on any atom is 0.253 e. The lowest BCUT2D eigenvalue weighted by Crippen LogP contribution is -2.37. The molecule has 1 saturated carbocycles. The van der Waals surface area contributed by atoms with Crippen LogP contribution in [0.3, 0.4) is 0 Å². The molecule has 0 aromatic carbocycles. The fourth-order valence-electron chi connectivity index (χ4n) is 3.70. The van der Waals surface area contributed by atoms with Crippen molar-refractivity contribution in [2.24, 2.45) is 0 Å². The van der Waals surface area contributed by atoms with Gasteiger partial charge in [-0.05, 0) is 39.7 Å². The molecular formula is C20H33Cl2N5O. The number of amides is 1. The quantitative estimate of drug-likeness (QED) is 0.532. The summed E-state index contributed by atoms with van der Waals surface area (Å²) in [5.74, 6) is -0.0585. The molecule has 0 saturated heterocycles. The fraction of sp³-hybridized carbons (Fsp3) is 0.650. The predicted octanol–water partition coefficient (Wildman–Crippen LogP) is 4.21. The van der Waals surface area contributed by atoms with Crippen LogP contribution < -0.4 is 10.6 Å². The molecule has 1 aliphatic rings. The summed E-state index contributed by atoms with van der Waals surface area (Å²) in [7, 11) is 0. The Kier molecular flexibility index (Phi) is 10.2. The maximum atomic E-state index is 12.5. The van der Waals surface area contributed by atoms with Gasteiger partial charge in [0, 0.05) is 30.6 Å². The van der Waals surface area contributed by atoms with Crippen molar-refractivity contribution in [3.05, 3.63) is 23.5 Å². The average molecular weight is 430 g/mol. The largest absolute Gasteiger partial charge is 0.351 e. The number of nitrogens with zero attached hydrogens (tertiary/aromatic N) is 3. The van der Waals surface area contributed by atoms with Crippen molar-refractivity contribution in [1.82, 2.24) is 25.4 Å². The maximum absolute atomic E-state index is 12.5. The van der Waals surface area contributed by atoms with Crippen molar-refractivity contribution < 1.29 is 4.79 Å². The zero-order valence-corrected chi connectivity index (χ0v) is 18.7. The molecule has 0 unspecified atom stereocenters. The predicted molar refractivity (Wildman–Crippen MR) is 119 cm³/mol. The minimum absolute atomic E-state index is 0. The van der Waals surface area contributed by atoms with Crippen LogP contribution in [0.2, 0.25) is 0 Å². The van der Waals surface area contributed by atoms with Crippen molar-refractivity contribution in [3.8, 4) is 0 Å². The summed E-state index contributed by atoms with van der Waals surface area (Å²) in [5.41, 5.74) is 2.22. The second-order valence-electron chi connectivity index (χ2n) is 7.62. The first-order chi connectivity index (χ1) is 12.6. The van der Waals surface area contributed by atoms with Gasteiger partial charge in [0.15, 0.2) is 5.65 Å². The van der Waals surface area contributed by atoms with Gasteiger partial charge in [-0.1, -0.05) is 25.7 Å². The lowest BCUT2D eigenvalue weighted by Gasteiger charge is -2.16. The first-order valence-corrected chi connectivity index (χ1v) is 9.92. The standard InChI is InChI=1S/C20H31N5O.2ClH/c1-14(2)25-19-16(13-23-25)12-18(15(3)24-19)20(26)22-11-10-21-17-8-6-4-5-7-9-17;;/h12-14,17,21H,4-11H2,1-3H3,(H,22,26);2*1H. The van der Waals surface area contributed by atoms with E-state index >= 15 is 0 Å². The molecule has 2 aromatic rings. The molecule has 6 nitrogen and oxygen atoms in total. The number of hydrogen-bond acceptors (Lipinski definition) is 4. The molecular weight excluding hydrogens is 397 g/mol. The van der Waals surface area contributed by atoms with Crippen LogP contribution in [0.5, 0.6) is 0 Å². The second-order valence-corrected chi connectivity index (χ2v) is 7.62. The van der Waals surface area contributed by atoms with Crippen molar-refractivity contribution in [2.75, 3.05) is 13.1 Å². The molecule has 2 aromatic heterocycles. The Hall–Kier alpha value is -1.37. The summed E-state index contributed by atoms with van der Waals surface area (Å²) in [6.45, 7) is 7.49. The molecule has 158 valence electrons. The van der Waals surface area contributed by atoms with E-state index in [4.69, 9.17) is 0 Å². The fourth-order valence-corrected chi connectivity index (χ4v) is 3.70. The molecule has 8 heteroatoms. The summed E-state index contributed by atoms with van der Waals surface area (Å²) in [4.78, 5) is 17.2. The van der Waals surface area contributed by atoms with Crippen molar-refractivity contribution in [1.29, 1.82) is 0 Å². The van der Waals surface area contributed by atoms with E-state index in [1.165, 1.54) is 38.5 Å². The number of fused-ring (bicyclic) bond motifs is 1. The van der Waals surface area contributed by atoms with E-state index in [1.807, 2.05) is 17.7 Å². The zero-order chi connectivity index (χ0) is 18.5. The van der Waals surface area contributed by atoms with Gasteiger partial charge < -0.3 is 10.6 Å². The molecule has 0 spiro atoms. The molecule has 1 amide bonds. The molecule has 0 atom stereocenters. The summed E-state index contributed by atoms with van der Waals surface area (Å²) >= 11 is 0. The van der Waals surface area contributed by atoms with Crippen LogP contribution in [0, 0.1) is 6.92 Å². The van der Waals surface area contributed by atoms with Crippen molar-refractivity contribution in [2.45, 2.75) is 71.4 Å². The highest BCUT2D eigenvalue weighted by molar-refractivity contribution is 5.98. The number of nitrogens with one attached hydrogen (secondary N) is 2. The van der Waals surface area contributed by atoms with Crippen molar-refractivity contribution in [3.63, 3.8) is 0 Å². The van der Waals surface area contributed by atoms with Gasteiger partial charge in [-0.15, -0.1) is 24.8 Å². The third-order valence-corrected chi connectivity index (χ3v) is 5.19. The number of aryl methyl sites for hydroxylation is 1. The Morgan fingerprint density at radius 2 is 1.86 bits per heavy atom. The minimum Gasteiger partial charge on any atom is -0.351 e. The van der Waals surface area contributed by atoms with Crippen LogP contribution >= 0.6 is 24.8 Å². The first kappa shape index (κ1) is 24.7. The molecule has 2 heterocycles. The van der Waals surface area contributed by atoms with Gasteiger partial charge in [0.2, 0.25) is 0 Å². The van der Waals surface area contributed by atoms with Crippen LogP contribution in [0.4, 0.5) is 0 Å².